The van der Waals surface area contributed by atoms with Crippen molar-refractivity contribution in [2.75, 3.05) is 12.4 Å². The van der Waals surface area contributed by atoms with Gasteiger partial charge in [0.25, 0.3) is 10.1 Å². The van der Waals surface area contributed by atoms with Crippen molar-refractivity contribution in [1.82, 2.24) is 0 Å². The molecule has 0 aliphatic heterocycles. The summed E-state index contributed by atoms with van der Waals surface area (Å²) < 4.78 is 27.5. The molecule has 0 spiro atoms. The van der Waals surface area contributed by atoms with E-state index >= 15 is 0 Å². The zero-order valence-electron chi connectivity index (χ0n) is 10.4. The number of hydrogen-bond acceptors (Lipinski definition) is 3. The van der Waals surface area contributed by atoms with Crippen molar-refractivity contribution >= 4 is 18.2 Å². The summed E-state index contributed by atoms with van der Waals surface area (Å²) >= 11 is 0. The molecule has 0 unspecified atom stereocenters. The Morgan fingerprint density at radius 3 is 2.20 bits per heavy atom. The lowest BCUT2D eigenvalue weighted by atomic mass is 10.4. The van der Waals surface area contributed by atoms with Crippen LogP contribution in [0, 0.1) is 0 Å². The van der Waals surface area contributed by atoms with E-state index in [4.69, 9.17) is 4.18 Å². The topological polar surface area (TPSA) is 43.4 Å². The predicted molar refractivity (Wildman–Crippen MR) is 67.4 cm³/mol. The Hall–Kier alpha value is 0.127. The first-order chi connectivity index (χ1) is 6.77. The maximum atomic E-state index is 11.3. The van der Waals surface area contributed by atoms with Gasteiger partial charge in [0, 0.05) is 8.07 Å². The summed E-state index contributed by atoms with van der Waals surface area (Å²) in [7, 11) is -4.30. The first-order valence-corrected chi connectivity index (χ1v) is 10.9. The van der Waals surface area contributed by atoms with Gasteiger partial charge in [0.2, 0.25) is 0 Å². The highest BCUT2D eigenvalue weighted by Crippen LogP contribution is 2.11. The van der Waals surface area contributed by atoms with Gasteiger partial charge in [-0.15, -0.1) is 0 Å². The third kappa shape index (κ3) is 10.4. The molecular weight excluding hydrogens is 228 g/mol. The van der Waals surface area contributed by atoms with Gasteiger partial charge in [-0.05, 0) is 12.8 Å². The molecule has 0 bridgehead atoms. The van der Waals surface area contributed by atoms with Crippen molar-refractivity contribution in [3.05, 3.63) is 0 Å². The van der Waals surface area contributed by atoms with Crippen LogP contribution in [0.5, 0.6) is 0 Å². The molecule has 0 saturated carbocycles. The van der Waals surface area contributed by atoms with Gasteiger partial charge in [0.15, 0.2) is 0 Å². The molecule has 0 heterocycles. The molecule has 5 heteroatoms. The second kappa shape index (κ2) is 6.65. The largest absolute Gasteiger partial charge is 0.270 e. The Morgan fingerprint density at radius 2 is 1.73 bits per heavy atom. The summed E-state index contributed by atoms with van der Waals surface area (Å²) in [5, 5.41) is 0. The summed E-state index contributed by atoms with van der Waals surface area (Å²) in [6, 6.07) is 1.12. The zero-order chi connectivity index (χ0) is 11.9. The van der Waals surface area contributed by atoms with Gasteiger partial charge in [-0.25, -0.2) is 0 Å². The molecule has 92 valence electrons. The molecule has 0 amide bonds. The van der Waals surface area contributed by atoms with E-state index in [9.17, 15) is 8.42 Å². The van der Waals surface area contributed by atoms with Crippen LogP contribution in [0.2, 0.25) is 25.7 Å². The second-order valence-electron chi connectivity index (χ2n) is 5.10. The van der Waals surface area contributed by atoms with Crippen LogP contribution in [0.1, 0.15) is 26.2 Å². The van der Waals surface area contributed by atoms with Gasteiger partial charge < -0.3 is 0 Å². The summed E-state index contributed by atoms with van der Waals surface area (Å²) in [6.07, 6.45) is 2.44. The Kier molecular flexibility index (Phi) is 6.71. The van der Waals surface area contributed by atoms with Crippen molar-refractivity contribution in [1.29, 1.82) is 0 Å². The van der Waals surface area contributed by atoms with Crippen LogP contribution in [0.15, 0.2) is 0 Å². The minimum atomic E-state index is -3.25. The zero-order valence-corrected chi connectivity index (χ0v) is 12.2. The SMILES string of the molecule is CCCCS(=O)(=O)OCCC[Si](C)(C)C. The maximum Gasteiger partial charge on any atom is 0.267 e. The number of rotatable bonds is 8. The molecule has 0 atom stereocenters. The molecule has 0 N–H and O–H groups in total. The number of hydrogen-bond donors (Lipinski definition) is 0. The van der Waals surface area contributed by atoms with Crippen molar-refractivity contribution in [3.63, 3.8) is 0 Å². The molecule has 0 aliphatic carbocycles. The van der Waals surface area contributed by atoms with E-state index in [0.717, 1.165) is 18.9 Å². The fraction of sp³-hybridized carbons (Fsp3) is 1.00. The molecule has 0 aromatic heterocycles. The molecule has 0 aromatic carbocycles. The van der Waals surface area contributed by atoms with Gasteiger partial charge in [-0.2, -0.15) is 8.42 Å². The molecular formula is C10H24O3SSi. The molecule has 3 nitrogen and oxygen atoms in total. The molecule has 0 aliphatic rings. The van der Waals surface area contributed by atoms with Crippen LogP contribution in [0.4, 0.5) is 0 Å². The van der Waals surface area contributed by atoms with Gasteiger partial charge in [-0.1, -0.05) is 39.0 Å². The highest BCUT2D eigenvalue weighted by molar-refractivity contribution is 7.86. The van der Waals surface area contributed by atoms with Crippen molar-refractivity contribution in [3.8, 4) is 0 Å². The maximum absolute atomic E-state index is 11.3. The van der Waals surface area contributed by atoms with Crippen LogP contribution >= 0.6 is 0 Å². The van der Waals surface area contributed by atoms with Crippen LogP contribution in [-0.2, 0) is 14.3 Å². The first-order valence-electron chi connectivity index (χ1n) is 5.64. The fourth-order valence-corrected chi connectivity index (χ4v) is 3.51. The van der Waals surface area contributed by atoms with Crippen molar-refractivity contribution in [2.45, 2.75) is 51.9 Å². The number of unbranched alkanes of at least 4 members (excludes halogenated alkanes) is 1. The average molecular weight is 252 g/mol. The molecule has 0 aromatic rings. The van der Waals surface area contributed by atoms with E-state index in [1.165, 1.54) is 0 Å². The van der Waals surface area contributed by atoms with Crippen molar-refractivity contribution < 1.29 is 12.6 Å². The van der Waals surface area contributed by atoms with E-state index in [2.05, 4.69) is 19.6 Å². The van der Waals surface area contributed by atoms with Crippen LogP contribution in [-0.4, -0.2) is 28.9 Å². The average Bonchev–Trinajstić information content (AvgIpc) is 2.08. The third-order valence-electron chi connectivity index (χ3n) is 2.08. The summed E-state index contributed by atoms with van der Waals surface area (Å²) in [5.41, 5.74) is 0. The van der Waals surface area contributed by atoms with E-state index in [-0.39, 0.29) is 5.75 Å². The summed E-state index contributed by atoms with van der Waals surface area (Å²) in [5.74, 6) is 0.163. The van der Waals surface area contributed by atoms with Crippen LogP contribution in [0.25, 0.3) is 0 Å². The van der Waals surface area contributed by atoms with E-state index in [1.54, 1.807) is 0 Å². The van der Waals surface area contributed by atoms with Gasteiger partial charge in [0.1, 0.15) is 0 Å². The van der Waals surface area contributed by atoms with E-state index < -0.39 is 18.2 Å². The highest BCUT2D eigenvalue weighted by Gasteiger charge is 2.14. The molecule has 0 saturated heterocycles. The molecule has 15 heavy (non-hydrogen) atoms. The molecule has 0 rings (SSSR count). The van der Waals surface area contributed by atoms with Gasteiger partial charge >= 0.3 is 0 Å². The molecule has 0 radical (unpaired) electrons. The minimum Gasteiger partial charge on any atom is -0.270 e. The van der Waals surface area contributed by atoms with Crippen LogP contribution < -0.4 is 0 Å². The molecule has 0 fully saturated rings. The Bertz CT molecular complexity index is 254. The second-order valence-corrected chi connectivity index (χ2v) is 12.5. The van der Waals surface area contributed by atoms with Crippen molar-refractivity contribution in [2.24, 2.45) is 0 Å². The van der Waals surface area contributed by atoms with Gasteiger partial charge in [0.05, 0.1) is 12.4 Å². The van der Waals surface area contributed by atoms with Crippen LogP contribution in [0.3, 0.4) is 0 Å². The lowest BCUT2D eigenvalue weighted by molar-refractivity contribution is 0.317. The highest BCUT2D eigenvalue weighted by atomic mass is 32.2. The monoisotopic (exact) mass is 252 g/mol. The summed E-state index contributed by atoms with van der Waals surface area (Å²) in [4.78, 5) is 0. The smallest absolute Gasteiger partial charge is 0.267 e. The standard InChI is InChI=1S/C10H24O3SSi/c1-5-6-9-14(11,12)13-8-7-10-15(2,3)4/h5-10H2,1-4H3. The van der Waals surface area contributed by atoms with E-state index in [0.29, 0.717) is 13.0 Å². The normalized spacial score (nSPS) is 13.1. The summed E-state index contributed by atoms with van der Waals surface area (Å²) in [6.45, 7) is 9.16. The Balaban J connectivity index is 3.67. The Labute approximate surface area is 95.4 Å². The first kappa shape index (κ1) is 15.1. The minimum absolute atomic E-state index is 0.163. The lowest BCUT2D eigenvalue weighted by Crippen LogP contribution is -2.20. The quantitative estimate of drug-likeness (QED) is 0.379. The lowest BCUT2D eigenvalue weighted by Gasteiger charge is -2.14. The third-order valence-corrected chi connectivity index (χ3v) is 5.25. The predicted octanol–water partition coefficient (Wildman–Crippen LogP) is 2.86. The fourth-order valence-electron chi connectivity index (χ4n) is 1.17. The van der Waals surface area contributed by atoms with E-state index in [1.807, 2.05) is 6.92 Å². The Morgan fingerprint density at radius 1 is 1.13 bits per heavy atom. The van der Waals surface area contributed by atoms with Gasteiger partial charge in [-0.3, -0.25) is 4.18 Å².